The van der Waals surface area contributed by atoms with Crippen molar-refractivity contribution < 1.29 is 0 Å². The minimum absolute atomic E-state index is 0.286. The highest BCUT2D eigenvalue weighted by molar-refractivity contribution is 6.30. The standard InChI is InChI=1S/C12H14Cl2N4/c1-18-16-12(15-17-18)7-10(8-13)5-9-3-2-4-11(14)6-9/h2-4,6,10H,5,7-8H2,1H3. The molecular formula is C12H14Cl2N4. The first-order chi connectivity index (χ1) is 8.67. The summed E-state index contributed by atoms with van der Waals surface area (Å²) in [5.74, 6) is 1.57. The average Bonchev–Trinajstić information content (AvgIpc) is 2.74. The van der Waals surface area contributed by atoms with Crippen LogP contribution in [0, 0.1) is 5.92 Å². The highest BCUT2D eigenvalue weighted by Crippen LogP contribution is 2.17. The third-order valence-corrected chi connectivity index (χ3v) is 3.32. The molecule has 1 aromatic heterocycles. The number of alkyl halides is 1. The number of aryl methyl sites for hydroxylation is 1. The van der Waals surface area contributed by atoms with E-state index in [9.17, 15) is 0 Å². The van der Waals surface area contributed by atoms with Crippen LogP contribution in [-0.4, -0.2) is 26.1 Å². The van der Waals surface area contributed by atoms with E-state index < -0.39 is 0 Å². The second-order valence-corrected chi connectivity index (χ2v) is 5.00. The van der Waals surface area contributed by atoms with Crippen LogP contribution in [0.5, 0.6) is 0 Å². The van der Waals surface area contributed by atoms with Gasteiger partial charge < -0.3 is 0 Å². The van der Waals surface area contributed by atoms with Crippen LogP contribution in [0.3, 0.4) is 0 Å². The third kappa shape index (κ3) is 3.68. The van der Waals surface area contributed by atoms with Crippen molar-refractivity contribution in [3.63, 3.8) is 0 Å². The summed E-state index contributed by atoms with van der Waals surface area (Å²) in [7, 11) is 1.75. The average molecular weight is 285 g/mol. The van der Waals surface area contributed by atoms with Gasteiger partial charge in [0.05, 0.1) is 7.05 Å². The van der Waals surface area contributed by atoms with Gasteiger partial charge in [-0.05, 0) is 35.2 Å². The summed E-state index contributed by atoms with van der Waals surface area (Å²) >= 11 is 12.0. The molecule has 0 aliphatic heterocycles. The number of hydrogen-bond acceptors (Lipinski definition) is 3. The first-order valence-electron chi connectivity index (χ1n) is 5.70. The van der Waals surface area contributed by atoms with Gasteiger partial charge in [0, 0.05) is 17.3 Å². The van der Waals surface area contributed by atoms with Gasteiger partial charge in [0.15, 0.2) is 5.82 Å². The number of tetrazole rings is 1. The van der Waals surface area contributed by atoms with Gasteiger partial charge in [0.25, 0.3) is 0 Å². The van der Waals surface area contributed by atoms with Crippen LogP contribution in [-0.2, 0) is 19.9 Å². The zero-order chi connectivity index (χ0) is 13.0. The van der Waals surface area contributed by atoms with E-state index in [0.29, 0.717) is 5.88 Å². The van der Waals surface area contributed by atoms with Crippen molar-refractivity contribution in [1.29, 1.82) is 0 Å². The first-order valence-corrected chi connectivity index (χ1v) is 6.62. The summed E-state index contributed by atoms with van der Waals surface area (Å²) in [4.78, 5) is 1.46. The molecule has 1 unspecified atom stereocenters. The Morgan fingerprint density at radius 3 is 2.78 bits per heavy atom. The lowest BCUT2D eigenvalue weighted by Crippen LogP contribution is -2.11. The van der Waals surface area contributed by atoms with Crippen LogP contribution < -0.4 is 0 Å². The van der Waals surface area contributed by atoms with E-state index in [1.54, 1.807) is 7.05 Å². The van der Waals surface area contributed by atoms with Gasteiger partial charge in [-0.1, -0.05) is 23.7 Å². The molecule has 96 valence electrons. The Hall–Kier alpha value is -1.13. The predicted octanol–water partition coefficient (Wildman–Crippen LogP) is 2.50. The number of halogens is 2. The van der Waals surface area contributed by atoms with Crippen LogP contribution in [0.1, 0.15) is 11.4 Å². The van der Waals surface area contributed by atoms with Crippen LogP contribution in [0.15, 0.2) is 24.3 Å². The quantitative estimate of drug-likeness (QED) is 0.793. The smallest absolute Gasteiger partial charge is 0.167 e. The van der Waals surface area contributed by atoms with Crippen molar-refractivity contribution in [2.24, 2.45) is 13.0 Å². The van der Waals surface area contributed by atoms with E-state index in [-0.39, 0.29) is 5.92 Å². The number of benzene rings is 1. The summed E-state index contributed by atoms with van der Waals surface area (Å²) < 4.78 is 0. The Balaban J connectivity index is 2.01. The van der Waals surface area contributed by atoms with Crippen molar-refractivity contribution in [3.05, 3.63) is 40.7 Å². The van der Waals surface area contributed by atoms with Crippen LogP contribution >= 0.6 is 23.2 Å². The lowest BCUT2D eigenvalue weighted by molar-refractivity contribution is 0.560. The van der Waals surface area contributed by atoms with E-state index in [2.05, 4.69) is 21.5 Å². The number of nitrogens with zero attached hydrogens (tertiary/aromatic N) is 4. The van der Waals surface area contributed by atoms with Gasteiger partial charge in [-0.15, -0.1) is 21.8 Å². The lowest BCUT2D eigenvalue weighted by Gasteiger charge is -2.11. The maximum atomic E-state index is 6.00. The Kier molecular flexibility index (Phi) is 4.55. The molecule has 0 bridgehead atoms. The molecule has 0 N–H and O–H groups in total. The van der Waals surface area contributed by atoms with E-state index in [4.69, 9.17) is 23.2 Å². The molecule has 1 heterocycles. The van der Waals surface area contributed by atoms with E-state index in [0.717, 1.165) is 23.7 Å². The zero-order valence-corrected chi connectivity index (χ0v) is 11.6. The molecule has 0 spiro atoms. The molecule has 2 aromatic rings. The second-order valence-electron chi connectivity index (χ2n) is 4.25. The Morgan fingerprint density at radius 1 is 1.33 bits per heavy atom. The number of aromatic nitrogens is 4. The van der Waals surface area contributed by atoms with E-state index >= 15 is 0 Å². The van der Waals surface area contributed by atoms with Crippen molar-refractivity contribution in [2.75, 3.05) is 5.88 Å². The number of rotatable bonds is 5. The van der Waals surface area contributed by atoms with Crippen LogP contribution in [0.2, 0.25) is 5.02 Å². The van der Waals surface area contributed by atoms with Crippen molar-refractivity contribution in [3.8, 4) is 0 Å². The molecule has 0 amide bonds. The minimum Gasteiger partial charge on any atom is -0.167 e. The van der Waals surface area contributed by atoms with Gasteiger partial charge in [-0.25, -0.2) is 0 Å². The molecule has 1 aromatic carbocycles. The molecule has 0 saturated carbocycles. The molecule has 0 radical (unpaired) electrons. The summed E-state index contributed by atoms with van der Waals surface area (Å²) in [6, 6.07) is 7.83. The normalized spacial score (nSPS) is 12.6. The summed E-state index contributed by atoms with van der Waals surface area (Å²) in [5.41, 5.74) is 1.18. The van der Waals surface area contributed by atoms with E-state index in [1.807, 2.05) is 18.2 Å². The van der Waals surface area contributed by atoms with Gasteiger partial charge in [0.2, 0.25) is 0 Å². The highest BCUT2D eigenvalue weighted by atomic mass is 35.5. The van der Waals surface area contributed by atoms with Crippen molar-refractivity contribution >= 4 is 23.2 Å². The summed E-state index contributed by atoms with van der Waals surface area (Å²) in [6.45, 7) is 0. The monoisotopic (exact) mass is 284 g/mol. The SMILES string of the molecule is Cn1nnc(CC(CCl)Cc2cccc(Cl)c2)n1. The summed E-state index contributed by atoms with van der Waals surface area (Å²) in [5, 5.41) is 12.7. The maximum absolute atomic E-state index is 6.00. The van der Waals surface area contributed by atoms with Gasteiger partial charge in [0.1, 0.15) is 0 Å². The molecule has 18 heavy (non-hydrogen) atoms. The molecule has 2 rings (SSSR count). The lowest BCUT2D eigenvalue weighted by atomic mass is 9.98. The van der Waals surface area contributed by atoms with Crippen molar-refractivity contribution in [1.82, 2.24) is 20.2 Å². The minimum atomic E-state index is 0.286. The molecular weight excluding hydrogens is 271 g/mol. The number of hydrogen-bond donors (Lipinski definition) is 0. The maximum Gasteiger partial charge on any atom is 0.175 e. The molecule has 0 aliphatic carbocycles. The fraction of sp³-hybridized carbons (Fsp3) is 0.417. The molecule has 0 fully saturated rings. The third-order valence-electron chi connectivity index (χ3n) is 2.65. The van der Waals surface area contributed by atoms with Gasteiger partial charge in [-0.2, -0.15) is 4.80 Å². The highest BCUT2D eigenvalue weighted by Gasteiger charge is 2.13. The van der Waals surface area contributed by atoms with Crippen LogP contribution in [0.4, 0.5) is 0 Å². The first kappa shape index (κ1) is 13.3. The zero-order valence-electron chi connectivity index (χ0n) is 10.1. The molecule has 0 saturated heterocycles. The topological polar surface area (TPSA) is 43.6 Å². The fourth-order valence-corrected chi connectivity index (χ4v) is 2.27. The predicted molar refractivity (Wildman–Crippen MR) is 71.9 cm³/mol. The Labute approximate surface area is 116 Å². The molecule has 0 aliphatic rings. The van der Waals surface area contributed by atoms with Gasteiger partial charge >= 0.3 is 0 Å². The molecule has 4 nitrogen and oxygen atoms in total. The van der Waals surface area contributed by atoms with Crippen LogP contribution in [0.25, 0.3) is 0 Å². The molecule has 1 atom stereocenters. The second kappa shape index (κ2) is 6.16. The summed E-state index contributed by atoms with van der Waals surface area (Å²) in [6.07, 6.45) is 1.59. The Bertz CT molecular complexity index is 512. The van der Waals surface area contributed by atoms with Gasteiger partial charge in [-0.3, -0.25) is 0 Å². The largest absolute Gasteiger partial charge is 0.175 e. The van der Waals surface area contributed by atoms with E-state index in [1.165, 1.54) is 10.4 Å². The Morgan fingerprint density at radius 2 is 2.17 bits per heavy atom. The van der Waals surface area contributed by atoms with Crippen molar-refractivity contribution in [2.45, 2.75) is 12.8 Å². The fourth-order valence-electron chi connectivity index (χ4n) is 1.84. The molecule has 6 heteroatoms.